The van der Waals surface area contributed by atoms with Gasteiger partial charge in [0, 0.05) is 16.3 Å². The highest BCUT2D eigenvalue weighted by atomic mass is 35.5. The Morgan fingerprint density at radius 3 is 2.59 bits per heavy atom. The van der Waals surface area contributed by atoms with E-state index in [4.69, 9.17) is 17.3 Å². The topological polar surface area (TPSA) is 108 Å². The Balaban J connectivity index is 1.85. The van der Waals surface area contributed by atoms with Crippen LogP contribution in [0.15, 0.2) is 58.6 Å². The molecule has 1 heterocycles. The minimum Gasteiger partial charge on any atom is -0.367 e. The average Bonchev–Trinajstić information content (AvgIpc) is 3.03. The SMILES string of the molecule is CC(=O)c1cccc(S(=O)(=O)n2nc(SCc3ccc(Cl)cc3)nc2N)c1. The van der Waals surface area contributed by atoms with Crippen molar-refractivity contribution in [3.63, 3.8) is 0 Å². The lowest BCUT2D eigenvalue weighted by atomic mass is 10.2. The highest BCUT2D eigenvalue weighted by molar-refractivity contribution is 7.98. The molecular formula is C17H15ClN4O3S2. The highest BCUT2D eigenvalue weighted by Gasteiger charge is 2.23. The Hall–Kier alpha value is -2.36. The van der Waals surface area contributed by atoms with Gasteiger partial charge in [-0.05, 0) is 36.8 Å². The Bertz CT molecular complexity index is 1100. The van der Waals surface area contributed by atoms with Crippen molar-refractivity contribution in [3.05, 3.63) is 64.7 Å². The molecule has 0 amide bonds. The fourth-order valence-electron chi connectivity index (χ4n) is 2.23. The number of nitrogens with zero attached hydrogens (tertiary/aromatic N) is 3. The van der Waals surface area contributed by atoms with Gasteiger partial charge in [0.1, 0.15) is 0 Å². The zero-order chi connectivity index (χ0) is 19.6. The minimum atomic E-state index is -4.06. The molecule has 0 fully saturated rings. The van der Waals surface area contributed by atoms with Crippen molar-refractivity contribution in [1.82, 2.24) is 14.2 Å². The van der Waals surface area contributed by atoms with Crippen LogP contribution in [0.5, 0.6) is 0 Å². The summed E-state index contributed by atoms with van der Waals surface area (Å²) in [6.07, 6.45) is 0. The van der Waals surface area contributed by atoms with Crippen LogP contribution in [0.25, 0.3) is 0 Å². The standard InChI is InChI=1S/C17H15ClN4O3S2/c1-11(23)13-3-2-4-15(9-13)27(24,25)22-16(19)20-17(21-22)26-10-12-5-7-14(18)8-6-12/h2-9H,10H2,1H3,(H2,19,20,21). The molecule has 27 heavy (non-hydrogen) atoms. The zero-order valence-corrected chi connectivity index (χ0v) is 16.6. The molecule has 3 rings (SSSR count). The fraction of sp³-hybridized carbons (Fsp3) is 0.118. The van der Waals surface area contributed by atoms with Crippen molar-refractivity contribution in [2.45, 2.75) is 22.7 Å². The van der Waals surface area contributed by atoms with Gasteiger partial charge in [-0.1, -0.05) is 47.6 Å². The number of benzene rings is 2. The van der Waals surface area contributed by atoms with Gasteiger partial charge in [-0.3, -0.25) is 4.79 Å². The van der Waals surface area contributed by atoms with Gasteiger partial charge in [0.05, 0.1) is 4.90 Å². The van der Waals surface area contributed by atoms with E-state index >= 15 is 0 Å². The Morgan fingerprint density at radius 1 is 1.22 bits per heavy atom. The number of hydrogen-bond acceptors (Lipinski definition) is 7. The summed E-state index contributed by atoms with van der Waals surface area (Å²) in [5.41, 5.74) is 7.03. The van der Waals surface area contributed by atoms with E-state index < -0.39 is 10.0 Å². The molecule has 0 spiro atoms. The third-order valence-corrected chi connectivity index (χ3v) is 6.36. The lowest BCUT2D eigenvalue weighted by Gasteiger charge is -2.06. The molecule has 10 heteroatoms. The van der Waals surface area contributed by atoms with Gasteiger partial charge in [-0.25, -0.2) is 0 Å². The molecule has 2 aromatic carbocycles. The predicted molar refractivity (Wildman–Crippen MR) is 104 cm³/mol. The van der Waals surface area contributed by atoms with Crippen LogP contribution in [0.2, 0.25) is 5.02 Å². The number of anilines is 1. The maximum atomic E-state index is 12.8. The first-order chi connectivity index (χ1) is 12.8. The van der Waals surface area contributed by atoms with E-state index in [1.54, 1.807) is 18.2 Å². The lowest BCUT2D eigenvalue weighted by Crippen LogP contribution is -2.17. The summed E-state index contributed by atoms with van der Waals surface area (Å²) < 4.78 is 26.3. The van der Waals surface area contributed by atoms with Gasteiger partial charge in [-0.2, -0.15) is 13.4 Å². The smallest absolute Gasteiger partial charge is 0.286 e. The molecule has 0 aliphatic heterocycles. The van der Waals surface area contributed by atoms with Gasteiger partial charge >= 0.3 is 0 Å². The molecule has 0 saturated carbocycles. The maximum Gasteiger partial charge on any atom is 0.286 e. The van der Waals surface area contributed by atoms with Gasteiger partial charge < -0.3 is 5.73 Å². The van der Waals surface area contributed by atoms with E-state index in [1.165, 1.54) is 36.9 Å². The molecule has 2 N–H and O–H groups in total. The van der Waals surface area contributed by atoms with Crippen LogP contribution in [0.1, 0.15) is 22.8 Å². The van der Waals surface area contributed by atoms with Crippen molar-refractivity contribution in [2.75, 3.05) is 5.73 Å². The number of carbonyl (C=O) groups excluding carboxylic acids is 1. The number of nitrogens with two attached hydrogens (primary N) is 1. The number of nitrogen functional groups attached to an aromatic ring is 1. The first-order valence-corrected chi connectivity index (χ1v) is 10.5. The molecule has 0 unspecified atom stereocenters. The third-order valence-electron chi connectivity index (χ3n) is 3.63. The van der Waals surface area contributed by atoms with Crippen molar-refractivity contribution in [3.8, 4) is 0 Å². The van der Waals surface area contributed by atoms with Crippen molar-refractivity contribution in [2.24, 2.45) is 0 Å². The van der Waals surface area contributed by atoms with E-state index in [1.807, 2.05) is 12.1 Å². The Morgan fingerprint density at radius 2 is 1.93 bits per heavy atom. The van der Waals surface area contributed by atoms with Gasteiger partial charge in [0.15, 0.2) is 5.78 Å². The van der Waals surface area contributed by atoms with E-state index in [9.17, 15) is 13.2 Å². The van der Waals surface area contributed by atoms with E-state index in [0.29, 0.717) is 14.9 Å². The summed E-state index contributed by atoms with van der Waals surface area (Å²) in [5, 5.41) is 4.87. The number of halogens is 1. The molecule has 0 saturated heterocycles. The molecule has 0 aliphatic rings. The second kappa shape index (κ2) is 7.71. The number of aromatic nitrogens is 3. The number of thioether (sulfide) groups is 1. The average molecular weight is 423 g/mol. The van der Waals surface area contributed by atoms with Crippen molar-refractivity contribution in [1.29, 1.82) is 0 Å². The predicted octanol–water partition coefficient (Wildman–Crippen LogP) is 3.25. The first kappa shape index (κ1) is 19.4. The first-order valence-electron chi connectivity index (χ1n) is 7.74. The highest BCUT2D eigenvalue weighted by Crippen LogP contribution is 2.24. The summed E-state index contributed by atoms with van der Waals surface area (Å²) in [5.74, 6) is 0.0418. The second-order valence-corrected chi connectivity index (χ2v) is 8.75. The summed E-state index contributed by atoms with van der Waals surface area (Å²) in [7, 11) is -4.06. The van der Waals surface area contributed by atoms with Crippen molar-refractivity contribution >= 4 is 45.1 Å². The van der Waals surface area contributed by atoms with Gasteiger partial charge in [-0.15, -0.1) is 9.19 Å². The van der Waals surface area contributed by atoms with E-state index in [2.05, 4.69) is 10.1 Å². The number of hydrogen-bond donors (Lipinski definition) is 1. The quantitative estimate of drug-likeness (QED) is 0.479. The number of carbonyl (C=O) groups is 1. The molecule has 3 aromatic rings. The summed E-state index contributed by atoms with van der Waals surface area (Å²) >= 11 is 7.10. The lowest BCUT2D eigenvalue weighted by molar-refractivity contribution is 0.101. The third kappa shape index (κ3) is 4.32. The molecule has 0 bridgehead atoms. The molecule has 0 aliphatic carbocycles. The second-order valence-electron chi connectivity index (χ2n) is 5.60. The van der Waals surface area contributed by atoms with Crippen LogP contribution in [0.3, 0.4) is 0 Å². The summed E-state index contributed by atoms with van der Waals surface area (Å²) in [4.78, 5) is 15.4. The van der Waals surface area contributed by atoms with Crippen LogP contribution < -0.4 is 5.73 Å². The maximum absolute atomic E-state index is 12.8. The molecular weight excluding hydrogens is 408 g/mol. The van der Waals surface area contributed by atoms with Gasteiger partial charge in [0.2, 0.25) is 11.1 Å². The van der Waals surface area contributed by atoms with Crippen molar-refractivity contribution < 1.29 is 13.2 Å². The van der Waals surface area contributed by atoms with Crippen LogP contribution in [0, 0.1) is 0 Å². The molecule has 140 valence electrons. The van der Waals surface area contributed by atoms with E-state index in [-0.39, 0.29) is 27.3 Å². The molecule has 7 nitrogen and oxygen atoms in total. The van der Waals surface area contributed by atoms with E-state index in [0.717, 1.165) is 5.56 Å². The molecule has 1 aromatic heterocycles. The summed E-state index contributed by atoms with van der Waals surface area (Å²) in [6.45, 7) is 1.36. The monoisotopic (exact) mass is 422 g/mol. The number of ketones is 1. The van der Waals surface area contributed by atoms with Crippen LogP contribution in [-0.2, 0) is 15.8 Å². The normalized spacial score (nSPS) is 11.5. The molecule has 0 radical (unpaired) electrons. The Kier molecular flexibility index (Phi) is 5.54. The zero-order valence-electron chi connectivity index (χ0n) is 14.2. The van der Waals surface area contributed by atoms with Crippen LogP contribution >= 0.6 is 23.4 Å². The Labute approximate surface area is 165 Å². The molecule has 0 atom stereocenters. The minimum absolute atomic E-state index is 0.0824. The largest absolute Gasteiger partial charge is 0.367 e. The number of Topliss-reactive ketones (excluding diaryl/α,β-unsaturated/α-hetero) is 1. The van der Waals surface area contributed by atoms with Gasteiger partial charge in [0.25, 0.3) is 10.0 Å². The number of rotatable bonds is 6. The van der Waals surface area contributed by atoms with Crippen LogP contribution in [-0.4, -0.2) is 28.4 Å². The fourth-order valence-corrected chi connectivity index (χ4v) is 4.40. The summed E-state index contributed by atoms with van der Waals surface area (Å²) in [6, 6.07) is 13.0. The van der Waals surface area contributed by atoms with Crippen LogP contribution in [0.4, 0.5) is 5.95 Å².